The molecule has 2 heterocycles. The van der Waals surface area contributed by atoms with Gasteiger partial charge in [-0.25, -0.2) is 0 Å². The van der Waals surface area contributed by atoms with Crippen molar-refractivity contribution in [2.45, 2.75) is 38.3 Å². The number of benzene rings is 2. The van der Waals surface area contributed by atoms with E-state index in [-0.39, 0.29) is 30.4 Å². The normalized spacial score (nSPS) is 17.0. The van der Waals surface area contributed by atoms with E-state index in [1.807, 2.05) is 48.2 Å². The Labute approximate surface area is 210 Å². The number of hydrogen-bond acceptors (Lipinski definition) is 5. The summed E-state index contributed by atoms with van der Waals surface area (Å²) in [7, 11) is 1.56. The maximum absolute atomic E-state index is 13.7. The van der Waals surface area contributed by atoms with E-state index >= 15 is 0 Å². The highest BCUT2D eigenvalue weighted by Gasteiger charge is 2.38. The van der Waals surface area contributed by atoms with Crippen LogP contribution in [0.4, 0.5) is 0 Å². The quantitative estimate of drug-likeness (QED) is 0.452. The highest BCUT2D eigenvalue weighted by molar-refractivity contribution is 7.10. The van der Waals surface area contributed by atoms with Crippen molar-refractivity contribution in [3.8, 4) is 11.5 Å². The van der Waals surface area contributed by atoms with Crippen molar-refractivity contribution in [1.82, 2.24) is 9.80 Å². The second kappa shape index (κ2) is 10.1. The molecule has 1 unspecified atom stereocenters. The third-order valence-electron chi connectivity index (χ3n) is 6.80. The zero-order chi connectivity index (χ0) is 24.4. The summed E-state index contributed by atoms with van der Waals surface area (Å²) in [6.07, 6.45) is 2.66. The first kappa shape index (κ1) is 23.4. The smallest absolute Gasteiger partial charge is 0.258 e. The van der Waals surface area contributed by atoms with Gasteiger partial charge in [0.05, 0.1) is 18.7 Å². The predicted octanol–water partition coefficient (Wildman–Crippen LogP) is 4.87. The minimum Gasteiger partial charge on any atom is -0.496 e. The largest absolute Gasteiger partial charge is 0.496 e. The fraction of sp³-hybridized carbons (Fsp3) is 0.357. The molecule has 0 N–H and O–H groups in total. The number of fused-ring (bicyclic) bond motifs is 1. The van der Waals surface area contributed by atoms with Gasteiger partial charge in [0.1, 0.15) is 24.7 Å². The van der Waals surface area contributed by atoms with Crippen LogP contribution in [-0.2, 0) is 11.2 Å². The molecular weight excluding hydrogens is 460 g/mol. The molecule has 182 valence electrons. The van der Waals surface area contributed by atoms with Gasteiger partial charge in [0.25, 0.3) is 5.91 Å². The lowest BCUT2D eigenvalue weighted by molar-refractivity contribution is -0.135. The van der Waals surface area contributed by atoms with Crippen LogP contribution >= 0.6 is 11.3 Å². The van der Waals surface area contributed by atoms with Gasteiger partial charge in [-0.2, -0.15) is 0 Å². The molecule has 0 spiro atoms. The van der Waals surface area contributed by atoms with Gasteiger partial charge in [-0.15, -0.1) is 11.3 Å². The van der Waals surface area contributed by atoms with Gasteiger partial charge in [-0.3, -0.25) is 9.59 Å². The molecule has 7 heteroatoms. The summed E-state index contributed by atoms with van der Waals surface area (Å²) < 4.78 is 11.6. The van der Waals surface area contributed by atoms with Gasteiger partial charge >= 0.3 is 0 Å². The zero-order valence-corrected chi connectivity index (χ0v) is 20.9. The second-order valence-electron chi connectivity index (χ2n) is 9.09. The lowest BCUT2D eigenvalue weighted by Crippen LogP contribution is -2.48. The highest BCUT2D eigenvalue weighted by atomic mass is 32.1. The predicted molar refractivity (Wildman–Crippen MR) is 136 cm³/mol. The number of carbonyl (C=O) groups is 2. The first-order chi connectivity index (χ1) is 17.1. The number of thiophene rings is 1. The maximum atomic E-state index is 13.7. The Kier molecular flexibility index (Phi) is 6.77. The van der Waals surface area contributed by atoms with Gasteiger partial charge in [0, 0.05) is 17.5 Å². The van der Waals surface area contributed by atoms with Crippen LogP contribution in [0.5, 0.6) is 11.5 Å². The van der Waals surface area contributed by atoms with Crippen molar-refractivity contribution in [1.29, 1.82) is 0 Å². The molecule has 35 heavy (non-hydrogen) atoms. The Morgan fingerprint density at radius 3 is 2.54 bits per heavy atom. The van der Waals surface area contributed by atoms with E-state index in [1.165, 1.54) is 4.88 Å². The Balaban J connectivity index is 1.36. The molecule has 0 bridgehead atoms. The average molecular weight is 491 g/mol. The van der Waals surface area contributed by atoms with E-state index < -0.39 is 0 Å². The molecule has 0 saturated heterocycles. The van der Waals surface area contributed by atoms with Crippen LogP contribution in [0.15, 0.2) is 60.0 Å². The van der Waals surface area contributed by atoms with Crippen LogP contribution in [0.1, 0.15) is 45.2 Å². The lowest BCUT2D eigenvalue weighted by Gasteiger charge is -2.37. The molecule has 1 aliphatic heterocycles. The molecule has 2 aliphatic rings. The molecule has 1 atom stereocenters. The SMILES string of the molecule is COc1ccccc1C(=O)N(CC(=O)N1CCc2sccc2C1COc1ccccc1C)C1CC1. The van der Waals surface area contributed by atoms with Gasteiger partial charge < -0.3 is 19.3 Å². The van der Waals surface area contributed by atoms with Gasteiger partial charge in [0.2, 0.25) is 5.91 Å². The summed E-state index contributed by atoms with van der Waals surface area (Å²) in [5, 5.41) is 2.08. The summed E-state index contributed by atoms with van der Waals surface area (Å²) in [5.41, 5.74) is 2.71. The number of nitrogens with zero attached hydrogens (tertiary/aromatic N) is 2. The average Bonchev–Trinajstić information content (AvgIpc) is 3.61. The molecule has 6 nitrogen and oxygen atoms in total. The fourth-order valence-corrected chi connectivity index (χ4v) is 5.66. The Hall–Kier alpha value is -3.32. The number of methoxy groups -OCH3 is 1. The van der Waals surface area contributed by atoms with Crippen LogP contribution in [0, 0.1) is 6.92 Å². The highest BCUT2D eigenvalue weighted by Crippen LogP contribution is 2.35. The Bertz CT molecular complexity index is 1220. The minimum atomic E-state index is -0.181. The standard InChI is InChI=1S/C28H30N2O4S/c1-19-7-3-5-9-24(19)34-18-23-21-14-16-35-26(21)13-15-29(23)27(31)17-30(20-11-12-20)28(32)22-8-4-6-10-25(22)33-2/h3-10,14,16,20,23H,11-13,15,17-18H2,1-2H3. The van der Waals surface area contributed by atoms with E-state index in [0.717, 1.165) is 36.1 Å². The molecule has 1 aliphatic carbocycles. The third-order valence-corrected chi connectivity index (χ3v) is 7.79. The van der Waals surface area contributed by atoms with Gasteiger partial charge in [-0.1, -0.05) is 30.3 Å². The molecule has 1 fully saturated rings. The first-order valence-corrected chi connectivity index (χ1v) is 12.9. The topological polar surface area (TPSA) is 59.1 Å². The van der Waals surface area contributed by atoms with Crippen molar-refractivity contribution in [3.63, 3.8) is 0 Å². The van der Waals surface area contributed by atoms with Crippen LogP contribution < -0.4 is 9.47 Å². The Morgan fingerprint density at radius 1 is 1.06 bits per heavy atom. The third kappa shape index (κ3) is 4.91. The molecule has 5 rings (SSSR count). The van der Waals surface area contributed by atoms with Crippen LogP contribution in [-0.4, -0.2) is 54.5 Å². The van der Waals surface area contributed by atoms with Gasteiger partial charge in [0.15, 0.2) is 0 Å². The van der Waals surface area contributed by atoms with Crippen LogP contribution in [0.25, 0.3) is 0 Å². The number of ether oxygens (including phenoxy) is 2. The van der Waals surface area contributed by atoms with E-state index in [9.17, 15) is 9.59 Å². The van der Waals surface area contributed by atoms with Crippen LogP contribution in [0.3, 0.4) is 0 Å². The summed E-state index contributed by atoms with van der Waals surface area (Å²) >= 11 is 1.73. The molecule has 2 aromatic carbocycles. The van der Waals surface area contributed by atoms with E-state index in [1.54, 1.807) is 35.5 Å². The number of carbonyl (C=O) groups excluding carboxylic acids is 2. The summed E-state index contributed by atoms with van der Waals surface area (Å²) in [4.78, 5) is 32.1. The van der Waals surface area contributed by atoms with Crippen LogP contribution in [0.2, 0.25) is 0 Å². The number of para-hydroxylation sites is 2. The summed E-state index contributed by atoms with van der Waals surface area (Å²) in [6, 6.07) is 17.1. The monoisotopic (exact) mass is 490 g/mol. The van der Waals surface area contributed by atoms with Crippen molar-refractivity contribution in [2.75, 3.05) is 26.8 Å². The lowest BCUT2D eigenvalue weighted by atomic mass is 10.00. The molecular formula is C28H30N2O4S. The molecule has 0 radical (unpaired) electrons. The maximum Gasteiger partial charge on any atom is 0.258 e. The number of rotatable bonds is 8. The van der Waals surface area contributed by atoms with Crippen molar-refractivity contribution in [2.24, 2.45) is 0 Å². The number of amides is 2. The Morgan fingerprint density at radius 2 is 1.80 bits per heavy atom. The van der Waals surface area contributed by atoms with Gasteiger partial charge in [-0.05, 0) is 67.0 Å². The van der Waals surface area contributed by atoms with E-state index in [0.29, 0.717) is 24.5 Å². The number of hydrogen-bond donors (Lipinski definition) is 0. The van der Waals surface area contributed by atoms with Crippen molar-refractivity contribution in [3.05, 3.63) is 81.5 Å². The summed E-state index contributed by atoms with van der Waals surface area (Å²) in [5.74, 6) is 1.16. The van der Waals surface area contributed by atoms with Crippen molar-refractivity contribution >= 4 is 23.2 Å². The van der Waals surface area contributed by atoms with E-state index in [2.05, 4.69) is 11.4 Å². The molecule has 1 aromatic heterocycles. The number of aryl methyl sites for hydroxylation is 1. The fourth-order valence-electron chi connectivity index (χ4n) is 4.73. The minimum absolute atomic E-state index is 0.0459. The zero-order valence-electron chi connectivity index (χ0n) is 20.1. The molecule has 1 saturated carbocycles. The van der Waals surface area contributed by atoms with Crippen molar-refractivity contribution < 1.29 is 19.1 Å². The molecule has 2 amide bonds. The van der Waals surface area contributed by atoms with E-state index in [4.69, 9.17) is 9.47 Å². The first-order valence-electron chi connectivity index (χ1n) is 12.0. The molecule has 3 aromatic rings. The second-order valence-corrected chi connectivity index (χ2v) is 10.1. The summed E-state index contributed by atoms with van der Waals surface area (Å²) in [6.45, 7) is 3.08.